The summed E-state index contributed by atoms with van der Waals surface area (Å²) >= 11 is 0. The smallest absolute Gasteiger partial charge is 0.225 e. The number of nitrogens with one attached hydrogen (secondary N) is 1. The van der Waals surface area contributed by atoms with Gasteiger partial charge in [0.25, 0.3) is 0 Å². The number of aryl methyl sites for hydroxylation is 1. The van der Waals surface area contributed by atoms with Gasteiger partial charge in [-0.05, 0) is 19.1 Å². The van der Waals surface area contributed by atoms with Crippen LogP contribution in [0.5, 0.6) is 0 Å². The molecule has 1 aliphatic rings. The monoisotopic (exact) mass is 294 g/mol. The third-order valence-corrected chi connectivity index (χ3v) is 3.71. The lowest BCUT2D eigenvalue weighted by Crippen LogP contribution is -2.45. The lowest BCUT2D eigenvalue weighted by Gasteiger charge is -2.34. The van der Waals surface area contributed by atoms with Crippen LogP contribution < -0.4 is 5.32 Å². The third-order valence-electron chi connectivity index (χ3n) is 3.71. The summed E-state index contributed by atoms with van der Waals surface area (Å²) in [6.45, 7) is 11.4. The Morgan fingerprint density at radius 3 is 2.52 bits per heavy atom. The van der Waals surface area contributed by atoms with Crippen LogP contribution in [-0.2, 0) is 9.53 Å². The Bertz CT molecular complexity index is 470. The molecule has 1 aromatic heterocycles. The number of hydrogen-bond donors (Lipinski definition) is 1. The molecule has 2 heterocycles. The van der Waals surface area contributed by atoms with Gasteiger partial charge in [-0.15, -0.1) is 0 Å². The number of ether oxygens (including phenoxy) is 1. The highest BCUT2D eigenvalue weighted by Crippen LogP contribution is 2.24. The van der Waals surface area contributed by atoms with Crippen LogP contribution in [0.1, 0.15) is 38.3 Å². The zero-order valence-electron chi connectivity index (χ0n) is 13.4. The predicted molar refractivity (Wildman–Crippen MR) is 81.0 cm³/mol. The number of carbonyl (C=O) groups is 1. The number of morpholine rings is 1. The van der Waals surface area contributed by atoms with Crippen molar-refractivity contribution in [3.8, 4) is 0 Å². The van der Waals surface area contributed by atoms with Gasteiger partial charge in [0.2, 0.25) is 5.91 Å². The Morgan fingerprint density at radius 2 is 2.00 bits per heavy atom. The van der Waals surface area contributed by atoms with Crippen molar-refractivity contribution in [2.75, 3.05) is 32.8 Å². The summed E-state index contributed by atoms with van der Waals surface area (Å²) < 4.78 is 11.2. The third kappa shape index (κ3) is 4.32. The van der Waals surface area contributed by atoms with Gasteiger partial charge in [0, 0.05) is 25.0 Å². The van der Waals surface area contributed by atoms with Crippen LogP contribution in [0.3, 0.4) is 0 Å². The number of hydrogen-bond acceptors (Lipinski definition) is 4. The van der Waals surface area contributed by atoms with Gasteiger partial charge in [-0.1, -0.05) is 20.8 Å². The molecule has 2 rings (SSSR count). The minimum Gasteiger partial charge on any atom is -0.465 e. The summed E-state index contributed by atoms with van der Waals surface area (Å²) in [6, 6.07) is 4.03. The average molecular weight is 294 g/mol. The van der Waals surface area contributed by atoms with Crippen LogP contribution in [0.2, 0.25) is 0 Å². The number of amides is 1. The molecule has 118 valence electrons. The molecule has 1 fully saturated rings. The second-order valence-electron chi connectivity index (χ2n) is 6.57. The molecule has 1 aromatic rings. The van der Waals surface area contributed by atoms with Crippen LogP contribution in [0.4, 0.5) is 0 Å². The second kappa shape index (κ2) is 6.62. The first kappa shape index (κ1) is 16.0. The maximum Gasteiger partial charge on any atom is 0.225 e. The highest BCUT2D eigenvalue weighted by atomic mass is 16.5. The molecule has 5 heteroatoms. The van der Waals surface area contributed by atoms with Gasteiger partial charge < -0.3 is 14.5 Å². The van der Waals surface area contributed by atoms with Gasteiger partial charge in [-0.25, -0.2) is 0 Å². The minimum atomic E-state index is -0.380. The molecule has 1 aliphatic heterocycles. The maximum atomic E-state index is 12.1. The van der Waals surface area contributed by atoms with E-state index in [9.17, 15) is 4.79 Å². The van der Waals surface area contributed by atoms with Crippen molar-refractivity contribution in [1.82, 2.24) is 10.2 Å². The van der Waals surface area contributed by atoms with Crippen molar-refractivity contribution in [2.24, 2.45) is 5.41 Å². The van der Waals surface area contributed by atoms with Crippen LogP contribution in [0.15, 0.2) is 16.5 Å². The van der Waals surface area contributed by atoms with E-state index in [-0.39, 0.29) is 17.4 Å². The molecule has 0 spiro atoms. The lowest BCUT2D eigenvalue weighted by atomic mass is 9.95. The van der Waals surface area contributed by atoms with Crippen LogP contribution in [0, 0.1) is 12.3 Å². The normalized spacial score (nSPS) is 18.5. The molecule has 21 heavy (non-hydrogen) atoms. The van der Waals surface area contributed by atoms with E-state index in [0.717, 1.165) is 37.8 Å². The van der Waals surface area contributed by atoms with E-state index in [0.29, 0.717) is 6.54 Å². The summed E-state index contributed by atoms with van der Waals surface area (Å²) in [5, 5.41) is 3.05. The zero-order chi connectivity index (χ0) is 15.5. The first-order chi connectivity index (χ1) is 9.88. The van der Waals surface area contributed by atoms with Crippen molar-refractivity contribution >= 4 is 5.91 Å². The van der Waals surface area contributed by atoms with Crippen molar-refractivity contribution in [3.05, 3.63) is 23.7 Å². The Balaban J connectivity index is 2.07. The van der Waals surface area contributed by atoms with Gasteiger partial charge in [0.15, 0.2) is 0 Å². The van der Waals surface area contributed by atoms with Crippen molar-refractivity contribution < 1.29 is 13.9 Å². The largest absolute Gasteiger partial charge is 0.465 e. The molecule has 0 radical (unpaired) electrons. The summed E-state index contributed by atoms with van der Waals surface area (Å²) in [4.78, 5) is 14.4. The topological polar surface area (TPSA) is 54.7 Å². The zero-order valence-corrected chi connectivity index (χ0v) is 13.4. The lowest BCUT2D eigenvalue weighted by molar-refractivity contribution is -0.128. The first-order valence-electron chi connectivity index (χ1n) is 7.54. The van der Waals surface area contributed by atoms with E-state index < -0.39 is 0 Å². The van der Waals surface area contributed by atoms with E-state index in [1.54, 1.807) is 0 Å². The van der Waals surface area contributed by atoms with E-state index in [1.807, 2.05) is 39.8 Å². The second-order valence-corrected chi connectivity index (χ2v) is 6.57. The summed E-state index contributed by atoms with van der Waals surface area (Å²) in [5.74, 6) is 1.86. The quantitative estimate of drug-likeness (QED) is 0.924. The number of rotatable bonds is 4. The first-order valence-corrected chi connectivity index (χ1v) is 7.54. The SMILES string of the molecule is Cc1ccc([C@H](CNC(=O)C(C)(C)C)N2CCOCC2)o1. The fraction of sp³-hybridized carbons (Fsp3) is 0.688. The van der Waals surface area contributed by atoms with Gasteiger partial charge in [0.1, 0.15) is 11.5 Å². The van der Waals surface area contributed by atoms with Crippen molar-refractivity contribution in [2.45, 2.75) is 33.7 Å². The molecule has 5 nitrogen and oxygen atoms in total. The van der Waals surface area contributed by atoms with E-state index in [2.05, 4.69) is 10.2 Å². The van der Waals surface area contributed by atoms with Crippen LogP contribution in [-0.4, -0.2) is 43.7 Å². The Labute approximate surface area is 126 Å². The average Bonchev–Trinajstić information content (AvgIpc) is 2.85. The van der Waals surface area contributed by atoms with Crippen molar-refractivity contribution in [1.29, 1.82) is 0 Å². The Morgan fingerprint density at radius 1 is 1.33 bits per heavy atom. The molecule has 0 unspecified atom stereocenters. The molecule has 0 aliphatic carbocycles. The summed E-state index contributed by atoms with van der Waals surface area (Å²) in [6.07, 6.45) is 0. The van der Waals surface area contributed by atoms with Gasteiger partial charge in [0.05, 0.1) is 19.3 Å². The molecular formula is C16H26N2O3. The van der Waals surface area contributed by atoms with Gasteiger partial charge >= 0.3 is 0 Å². The number of furan rings is 1. The molecule has 1 amide bonds. The van der Waals surface area contributed by atoms with Gasteiger partial charge in [-0.2, -0.15) is 0 Å². The standard InChI is InChI=1S/C16H26N2O3/c1-12-5-6-14(21-12)13(18-7-9-20-10-8-18)11-17-15(19)16(2,3)4/h5-6,13H,7-11H2,1-4H3,(H,17,19)/t13-/m0/s1. The highest BCUT2D eigenvalue weighted by molar-refractivity contribution is 5.81. The minimum absolute atomic E-state index is 0.0593. The maximum absolute atomic E-state index is 12.1. The van der Waals surface area contributed by atoms with Crippen LogP contribution in [0.25, 0.3) is 0 Å². The Kier molecular flexibility index (Phi) is 5.06. The highest BCUT2D eigenvalue weighted by Gasteiger charge is 2.28. The van der Waals surface area contributed by atoms with Gasteiger partial charge in [-0.3, -0.25) is 9.69 Å². The molecule has 1 saturated heterocycles. The van der Waals surface area contributed by atoms with E-state index in [4.69, 9.17) is 9.15 Å². The number of nitrogens with zero attached hydrogens (tertiary/aromatic N) is 1. The summed E-state index contributed by atoms with van der Waals surface area (Å²) in [7, 11) is 0. The predicted octanol–water partition coefficient (Wildman–Crippen LogP) is 2.12. The number of carbonyl (C=O) groups excluding carboxylic acids is 1. The molecule has 0 bridgehead atoms. The van der Waals surface area contributed by atoms with Crippen molar-refractivity contribution in [3.63, 3.8) is 0 Å². The summed E-state index contributed by atoms with van der Waals surface area (Å²) in [5.41, 5.74) is -0.380. The van der Waals surface area contributed by atoms with E-state index >= 15 is 0 Å². The van der Waals surface area contributed by atoms with E-state index in [1.165, 1.54) is 0 Å². The fourth-order valence-electron chi connectivity index (χ4n) is 2.39. The molecule has 1 N–H and O–H groups in total. The molecular weight excluding hydrogens is 268 g/mol. The molecule has 1 atom stereocenters. The Hall–Kier alpha value is -1.33. The fourth-order valence-corrected chi connectivity index (χ4v) is 2.39. The molecule has 0 aromatic carbocycles. The molecule has 0 saturated carbocycles. The van der Waals surface area contributed by atoms with Crippen LogP contribution >= 0.6 is 0 Å².